The van der Waals surface area contributed by atoms with Gasteiger partial charge in [0.2, 0.25) is 5.91 Å². The average molecular weight is 356 g/mol. The molecule has 1 heterocycles. The SMILES string of the molecule is NC(=O)NC(=O)[C@@H](c1ccccc1)N1CCN(c2ccccc2F)CC1. The lowest BCUT2D eigenvalue weighted by molar-refractivity contribution is -0.125. The van der Waals surface area contributed by atoms with E-state index in [1.54, 1.807) is 18.2 Å². The predicted molar refractivity (Wildman–Crippen MR) is 97.1 cm³/mol. The summed E-state index contributed by atoms with van der Waals surface area (Å²) in [5.41, 5.74) is 6.46. The Morgan fingerprint density at radius 3 is 2.19 bits per heavy atom. The molecule has 26 heavy (non-hydrogen) atoms. The number of hydrogen-bond donors (Lipinski definition) is 2. The van der Waals surface area contributed by atoms with Crippen molar-refractivity contribution in [3.05, 3.63) is 66.0 Å². The van der Waals surface area contributed by atoms with Gasteiger partial charge in [0.05, 0.1) is 5.69 Å². The summed E-state index contributed by atoms with van der Waals surface area (Å²) in [6, 6.07) is 14.4. The Morgan fingerprint density at radius 1 is 0.962 bits per heavy atom. The number of halogens is 1. The van der Waals surface area contributed by atoms with Gasteiger partial charge < -0.3 is 10.6 Å². The molecule has 3 amide bonds. The van der Waals surface area contributed by atoms with Gasteiger partial charge in [-0.25, -0.2) is 9.18 Å². The van der Waals surface area contributed by atoms with Gasteiger partial charge in [-0.15, -0.1) is 0 Å². The Hall–Kier alpha value is -2.93. The molecule has 1 atom stereocenters. The Balaban J connectivity index is 1.76. The van der Waals surface area contributed by atoms with Crippen LogP contribution in [0.15, 0.2) is 54.6 Å². The van der Waals surface area contributed by atoms with Crippen LogP contribution >= 0.6 is 0 Å². The second-order valence-corrected chi connectivity index (χ2v) is 6.14. The van der Waals surface area contributed by atoms with Crippen LogP contribution in [-0.2, 0) is 4.79 Å². The Morgan fingerprint density at radius 2 is 1.58 bits per heavy atom. The van der Waals surface area contributed by atoms with Gasteiger partial charge in [0.15, 0.2) is 0 Å². The van der Waals surface area contributed by atoms with E-state index in [0.29, 0.717) is 31.9 Å². The molecule has 0 unspecified atom stereocenters. The third-order valence-corrected chi connectivity index (χ3v) is 4.48. The molecular formula is C19H21FN4O2. The molecule has 136 valence electrons. The van der Waals surface area contributed by atoms with Gasteiger partial charge in [0, 0.05) is 26.2 Å². The van der Waals surface area contributed by atoms with Gasteiger partial charge in [-0.3, -0.25) is 15.0 Å². The van der Waals surface area contributed by atoms with Crippen molar-refractivity contribution in [1.82, 2.24) is 10.2 Å². The number of benzene rings is 2. The number of amides is 3. The number of anilines is 1. The lowest BCUT2D eigenvalue weighted by atomic mass is 10.0. The van der Waals surface area contributed by atoms with E-state index in [4.69, 9.17) is 5.73 Å². The van der Waals surface area contributed by atoms with Crippen molar-refractivity contribution in [3.63, 3.8) is 0 Å². The molecule has 1 fully saturated rings. The van der Waals surface area contributed by atoms with E-state index in [2.05, 4.69) is 5.32 Å². The average Bonchev–Trinajstić information content (AvgIpc) is 2.63. The zero-order valence-electron chi connectivity index (χ0n) is 14.3. The fraction of sp³-hybridized carbons (Fsp3) is 0.263. The standard InChI is InChI=1S/C19H21FN4O2/c20-15-8-4-5-9-16(15)23-10-12-24(13-11-23)17(18(25)22-19(21)26)14-6-2-1-3-7-14/h1-9,17H,10-13H2,(H3,21,22,25,26)/t17-/m1/s1. The summed E-state index contributed by atoms with van der Waals surface area (Å²) in [5.74, 6) is -0.713. The van der Waals surface area contributed by atoms with E-state index in [-0.39, 0.29) is 5.82 Å². The summed E-state index contributed by atoms with van der Waals surface area (Å²) in [4.78, 5) is 27.6. The minimum absolute atomic E-state index is 0.257. The van der Waals surface area contributed by atoms with Crippen LogP contribution in [0.2, 0.25) is 0 Å². The lowest BCUT2D eigenvalue weighted by Gasteiger charge is -2.39. The van der Waals surface area contributed by atoms with Crippen molar-refractivity contribution in [2.75, 3.05) is 31.1 Å². The maximum absolute atomic E-state index is 14.0. The molecule has 1 aliphatic heterocycles. The minimum atomic E-state index is -0.874. The predicted octanol–water partition coefficient (Wildman–Crippen LogP) is 1.88. The number of carbonyl (C=O) groups excluding carboxylic acids is 2. The number of para-hydroxylation sites is 1. The molecular weight excluding hydrogens is 335 g/mol. The topological polar surface area (TPSA) is 78.7 Å². The normalized spacial score (nSPS) is 16.1. The Bertz CT molecular complexity index is 776. The van der Waals surface area contributed by atoms with Crippen LogP contribution in [0.25, 0.3) is 0 Å². The number of imide groups is 1. The number of nitrogens with zero attached hydrogens (tertiary/aromatic N) is 2. The first-order chi connectivity index (χ1) is 12.6. The molecule has 3 N–H and O–H groups in total. The molecule has 6 nitrogen and oxygen atoms in total. The van der Waals surface area contributed by atoms with Crippen LogP contribution in [0, 0.1) is 5.82 Å². The van der Waals surface area contributed by atoms with Crippen molar-refractivity contribution in [3.8, 4) is 0 Å². The van der Waals surface area contributed by atoms with Crippen molar-refractivity contribution in [2.24, 2.45) is 5.73 Å². The molecule has 0 saturated carbocycles. The third kappa shape index (κ3) is 4.00. The van der Waals surface area contributed by atoms with Gasteiger partial charge in [-0.2, -0.15) is 0 Å². The van der Waals surface area contributed by atoms with E-state index < -0.39 is 18.0 Å². The number of carbonyl (C=O) groups is 2. The van der Waals surface area contributed by atoms with Gasteiger partial charge in [0.25, 0.3) is 0 Å². The van der Waals surface area contributed by atoms with Crippen molar-refractivity contribution in [2.45, 2.75) is 6.04 Å². The molecule has 0 aromatic heterocycles. The maximum atomic E-state index is 14.0. The molecule has 3 rings (SSSR count). The molecule has 1 aliphatic rings. The summed E-state index contributed by atoms with van der Waals surface area (Å²) >= 11 is 0. The first kappa shape index (κ1) is 17.9. The van der Waals surface area contributed by atoms with Gasteiger partial charge >= 0.3 is 6.03 Å². The molecule has 1 saturated heterocycles. The van der Waals surface area contributed by atoms with Crippen molar-refractivity contribution < 1.29 is 14.0 Å². The molecule has 0 radical (unpaired) electrons. The highest BCUT2D eigenvalue weighted by Gasteiger charge is 2.31. The molecule has 2 aromatic carbocycles. The molecule has 2 aromatic rings. The first-order valence-electron chi connectivity index (χ1n) is 8.45. The van der Waals surface area contributed by atoms with Crippen LogP contribution in [0.3, 0.4) is 0 Å². The van der Waals surface area contributed by atoms with E-state index >= 15 is 0 Å². The van der Waals surface area contributed by atoms with Gasteiger partial charge in [0.1, 0.15) is 11.9 Å². The second kappa shape index (κ2) is 7.97. The van der Waals surface area contributed by atoms with E-state index in [0.717, 1.165) is 5.56 Å². The molecule has 0 bridgehead atoms. The summed E-state index contributed by atoms with van der Waals surface area (Å²) in [7, 11) is 0. The fourth-order valence-electron chi connectivity index (χ4n) is 3.28. The molecule has 0 aliphatic carbocycles. The molecule has 7 heteroatoms. The van der Waals surface area contributed by atoms with Crippen LogP contribution < -0.4 is 16.0 Å². The molecule has 0 spiro atoms. The van der Waals surface area contributed by atoms with Gasteiger partial charge in [-0.1, -0.05) is 42.5 Å². The zero-order valence-corrected chi connectivity index (χ0v) is 14.3. The number of hydrogen-bond acceptors (Lipinski definition) is 4. The number of nitrogens with one attached hydrogen (secondary N) is 1. The largest absolute Gasteiger partial charge is 0.367 e. The second-order valence-electron chi connectivity index (χ2n) is 6.14. The Kier molecular flexibility index (Phi) is 5.48. The highest BCUT2D eigenvalue weighted by atomic mass is 19.1. The van der Waals surface area contributed by atoms with Crippen LogP contribution in [0.1, 0.15) is 11.6 Å². The monoisotopic (exact) mass is 356 g/mol. The van der Waals surface area contributed by atoms with Gasteiger partial charge in [-0.05, 0) is 17.7 Å². The van der Waals surface area contributed by atoms with Crippen molar-refractivity contribution >= 4 is 17.6 Å². The van der Waals surface area contributed by atoms with E-state index in [1.807, 2.05) is 40.1 Å². The third-order valence-electron chi connectivity index (χ3n) is 4.48. The number of piperazine rings is 1. The lowest BCUT2D eigenvalue weighted by Crippen LogP contribution is -2.52. The summed E-state index contributed by atoms with van der Waals surface area (Å²) in [6.45, 7) is 2.27. The number of nitrogens with two attached hydrogens (primary N) is 1. The van der Waals surface area contributed by atoms with E-state index in [1.165, 1.54) is 6.07 Å². The summed E-state index contributed by atoms with van der Waals surface area (Å²) in [6.07, 6.45) is 0. The summed E-state index contributed by atoms with van der Waals surface area (Å²) < 4.78 is 14.0. The van der Waals surface area contributed by atoms with Crippen LogP contribution in [0.4, 0.5) is 14.9 Å². The van der Waals surface area contributed by atoms with Crippen LogP contribution in [-0.4, -0.2) is 43.0 Å². The first-order valence-corrected chi connectivity index (χ1v) is 8.45. The fourth-order valence-corrected chi connectivity index (χ4v) is 3.28. The zero-order chi connectivity index (χ0) is 18.5. The van der Waals surface area contributed by atoms with E-state index in [9.17, 15) is 14.0 Å². The summed E-state index contributed by atoms with van der Waals surface area (Å²) in [5, 5.41) is 2.18. The number of primary amides is 1. The maximum Gasteiger partial charge on any atom is 0.318 e. The van der Waals surface area contributed by atoms with Crippen LogP contribution in [0.5, 0.6) is 0 Å². The minimum Gasteiger partial charge on any atom is -0.367 e. The quantitative estimate of drug-likeness (QED) is 0.877. The van der Waals surface area contributed by atoms with Crippen molar-refractivity contribution in [1.29, 1.82) is 0 Å². The Labute approximate surface area is 151 Å². The number of rotatable bonds is 4. The smallest absolute Gasteiger partial charge is 0.318 e. The highest BCUT2D eigenvalue weighted by Crippen LogP contribution is 2.25. The highest BCUT2D eigenvalue weighted by molar-refractivity contribution is 5.96. The number of urea groups is 1.